The Morgan fingerprint density at radius 2 is 2.29 bits per heavy atom. The zero-order valence-electron chi connectivity index (χ0n) is 13.9. The number of nitrogens with one attached hydrogen (secondary N) is 2. The molecule has 0 aliphatic rings. The number of carbonyl (C=O) groups excluding carboxylic acids is 1. The highest BCUT2D eigenvalue weighted by Gasteiger charge is 2.10. The molecule has 1 aromatic carbocycles. The predicted octanol–water partition coefficient (Wildman–Crippen LogP) is 3.35. The number of aryl methyl sites for hydroxylation is 1. The van der Waals surface area contributed by atoms with Gasteiger partial charge in [0.05, 0.1) is 5.75 Å². The summed E-state index contributed by atoms with van der Waals surface area (Å²) in [6.45, 7) is 6.20. The largest absolute Gasteiger partial charge is 0.486 e. The van der Waals surface area contributed by atoms with Crippen LogP contribution < -0.4 is 10.1 Å². The van der Waals surface area contributed by atoms with Gasteiger partial charge in [-0.3, -0.25) is 9.89 Å². The monoisotopic (exact) mass is 368 g/mol. The Morgan fingerprint density at radius 3 is 3.00 bits per heavy atom. The van der Waals surface area contributed by atoms with Gasteiger partial charge < -0.3 is 10.1 Å². The van der Waals surface area contributed by atoms with Crippen molar-refractivity contribution in [3.8, 4) is 5.75 Å². The molecule has 0 spiro atoms. The number of halogens is 1. The molecule has 0 fully saturated rings. The SMILES string of the molecule is CCC(C)NC(=O)CSc1n[nH]c(COc2ccc(Cl)c(C)c2)n1. The van der Waals surface area contributed by atoms with Crippen molar-refractivity contribution in [1.29, 1.82) is 0 Å². The van der Waals surface area contributed by atoms with Crippen LogP contribution in [0.1, 0.15) is 31.7 Å². The fraction of sp³-hybridized carbons (Fsp3) is 0.438. The van der Waals surface area contributed by atoms with Gasteiger partial charge in [-0.1, -0.05) is 30.3 Å². The average Bonchev–Trinajstić information content (AvgIpc) is 3.02. The number of carbonyl (C=O) groups is 1. The molecule has 8 heteroatoms. The molecule has 1 atom stereocenters. The number of benzene rings is 1. The molecular weight excluding hydrogens is 348 g/mol. The number of ether oxygens (including phenoxy) is 1. The quantitative estimate of drug-likeness (QED) is 0.698. The lowest BCUT2D eigenvalue weighted by Gasteiger charge is -2.09. The molecule has 1 heterocycles. The molecule has 1 unspecified atom stereocenters. The normalized spacial score (nSPS) is 12.0. The van der Waals surface area contributed by atoms with Crippen molar-refractivity contribution < 1.29 is 9.53 Å². The molecule has 0 saturated carbocycles. The van der Waals surface area contributed by atoms with Crippen molar-refractivity contribution in [1.82, 2.24) is 20.5 Å². The number of amides is 1. The molecule has 0 radical (unpaired) electrons. The molecule has 2 rings (SSSR count). The minimum Gasteiger partial charge on any atom is -0.486 e. The van der Waals surface area contributed by atoms with Crippen LogP contribution in [0.4, 0.5) is 0 Å². The van der Waals surface area contributed by atoms with Gasteiger partial charge in [-0.2, -0.15) is 0 Å². The molecule has 24 heavy (non-hydrogen) atoms. The third kappa shape index (κ3) is 5.72. The first-order valence-corrected chi connectivity index (χ1v) is 9.06. The predicted molar refractivity (Wildman–Crippen MR) is 95.5 cm³/mol. The van der Waals surface area contributed by atoms with E-state index in [9.17, 15) is 4.79 Å². The molecule has 2 N–H and O–H groups in total. The number of hydrogen-bond acceptors (Lipinski definition) is 5. The Bertz CT molecular complexity index is 692. The van der Waals surface area contributed by atoms with Crippen LogP contribution in [0.25, 0.3) is 0 Å². The van der Waals surface area contributed by atoms with E-state index in [2.05, 4.69) is 20.5 Å². The summed E-state index contributed by atoms with van der Waals surface area (Å²) < 4.78 is 5.65. The second kappa shape index (κ2) is 8.94. The lowest BCUT2D eigenvalue weighted by molar-refractivity contribution is -0.119. The number of nitrogens with zero attached hydrogens (tertiary/aromatic N) is 2. The number of hydrogen-bond donors (Lipinski definition) is 2. The van der Waals surface area contributed by atoms with E-state index in [0.29, 0.717) is 21.8 Å². The number of thioether (sulfide) groups is 1. The molecule has 0 saturated heterocycles. The molecule has 0 bridgehead atoms. The standard InChI is InChI=1S/C16H21ClN4O2S/c1-4-11(3)18-15(22)9-24-16-19-14(20-21-16)8-23-12-5-6-13(17)10(2)7-12/h5-7,11H,4,8-9H2,1-3H3,(H,18,22)(H,19,20,21). The van der Waals surface area contributed by atoms with Gasteiger partial charge >= 0.3 is 0 Å². The highest BCUT2D eigenvalue weighted by Crippen LogP contribution is 2.21. The highest BCUT2D eigenvalue weighted by molar-refractivity contribution is 7.99. The van der Waals surface area contributed by atoms with E-state index < -0.39 is 0 Å². The highest BCUT2D eigenvalue weighted by atomic mass is 35.5. The summed E-state index contributed by atoms with van der Waals surface area (Å²) in [4.78, 5) is 16.0. The summed E-state index contributed by atoms with van der Waals surface area (Å²) in [7, 11) is 0. The average molecular weight is 369 g/mol. The Hall–Kier alpha value is -1.73. The second-order valence-corrected chi connectivity index (χ2v) is 6.78. The van der Waals surface area contributed by atoms with E-state index in [1.807, 2.05) is 26.8 Å². The number of aromatic amines is 1. The Labute approximate surface area is 150 Å². The Balaban J connectivity index is 1.80. The van der Waals surface area contributed by atoms with E-state index in [1.165, 1.54) is 11.8 Å². The molecule has 0 aliphatic carbocycles. The van der Waals surface area contributed by atoms with Gasteiger partial charge in [0, 0.05) is 11.1 Å². The maximum absolute atomic E-state index is 11.7. The summed E-state index contributed by atoms with van der Waals surface area (Å²) >= 11 is 7.27. The van der Waals surface area contributed by atoms with E-state index in [1.54, 1.807) is 12.1 Å². The lowest BCUT2D eigenvalue weighted by atomic mass is 10.2. The van der Waals surface area contributed by atoms with Crippen molar-refractivity contribution in [2.75, 3.05) is 5.75 Å². The van der Waals surface area contributed by atoms with E-state index >= 15 is 0 Å². The van der Waals surface area contributed by atoms with Crippen LogP contribution in [0, 0.1) is 6.92 Å². The number of aromatic nitrogens is 3. The van der Waals surface area contributed by atoms with Crippen LogP contribution in [0.2, 0.25) is 5.02 Å². The Kier molecular flexibility index (Phi) is 6.93. The van der Waals surface area contributed by atoms with Crippen LogP contribution >= 0.6 is 23.4 Å². The van der Waals surface area contributed by atoms with Gasteiger partial charge in [-0.15, -0.1) is 5.10 Å². The van der Waals surface area contributed by atoms with Crippen molar-refractivity contribution in [2.45, 2.75) is 45.0 Å². The van der Waals surface area contributed by atoms with Gasteiger partial charge in [0.15, 0.2) is 5.82 Å². The van der Waals surface area contributed by atoms with Gasteiger partial charge in [0.25, 0.3) is 0 Å². The second-order valence-electron chi connectivity index (χ2n) is 5.43. The zero-order valence-corrected chi connectivity index (χ0v) is 15.5. The molecule has 130 valence electrons. The summed E-state index contributed by atoms with van der Waals surface area (Å²) in [5.41, 5.74) is 0.954. The van der Waals surface area contributed by atoms with E-state index in [0.717, 1.165) is 17.7 Å². The first kappa shape index (κ1) is 18.6. The molecule has 6 nitrogen and oxygen atoms in total. The van der Waals surface area contributed by atoms with Crippen molar-refractivity contribution in [2.24, 2.45) is 0 Å². The minimum absolute atomic E-state index is 0.0198. The van der Waals surface area contributed by atoms with Gasteiger partial charge in [-0.05, 0) is 44.0 Å². The van der Waals surface area contributed by atoms with Crippen LogP contribution in [-0.2, 0) is 11.4 Å². The summed E-state index contributed by atoms with van der Waals surface area (Å²) in [5.74, 6) is 1.59. The van der Waals surface area contributed by atoms with Crippen LogP contribution in [-0.4, -0.2) is 32.9 Å². The van der Waals surface area contributed by atoms with Crippen LogP contribution in [0.3, 0.4) is 0 Å². The van der Waals surface area contributed by atoms with Gasteiger partial charge in [-0.25, -0.2) is 4.98 Å². The Morgan fingerprint density at radius 1 is 1.50 bits per heavy atom. The van der Waals surface area contributed by atoms with Crippen LogP contribution in [0.15, 0.2) is 23.4 Å². The van der Waals surface area contributed by atoms with Gasteiger partial charge in [0.1, 0.15) is 12.4 Å². The maximum atomic E-state index is 11.7. The lowest BCUT2D eigenvalue weighted by Crippen LogP contribution is -2.33. The molecular formula is C16H21ClN4O2S. The summed E-state index contributed by atoms with van der Waals surface area (Å²) in [5, 5.41) is 11.0. The number of rotatable bonds is 8. The summed E-state index contributed by atoms with van der Waals surface area (Å²) in [6, 6.07) is 5.65. The fourth-order valence-corrected chi connectivity index (χ4v) is 2.56. The third-order valence-electron chi connectivity index (χ3n) is 3.37. The first-order valence-electron chi connectivity index (χ1n) is 7.70. The molecule has 1 amide bonds. The third-order valence-corrected chi connectivity index (χ3v) is 4.64. The number of H-pyrrole nitrogens is 1. The van der Waals surface area contributed by atoms with Gasteiger partial charge in [0.2, 0.25) is 11.1 Å². The smallest absolute Gasteiger partial charge is 0.230 e. The topological polar surface area (TPSA) is 79.9 Å². The first-order chi connectivity index (χ1) is 11.5. The van der Waals surface area contributed by atoms with Crippen molar-refractivity contribution in [3.63, 3.8) is 0 Å². The van der Waals surface area contributed by atoms with E-state index in [-0.39, 0.29) is 18.6 Å². The zero-order chi connectivity index (χ0) is 17.5. The molecule has 0 aliphatic heterocycles. The molecule has 2 aromatic rings. The van der Waals surface area contributed by atoms with Crippen molar-refractivity contribution >= 4 is 29.3 Å². The minimum atomic E-state index is -0.0198. The van der Waals surface area contributed by atoms with Crippen molar-refractivity contribution in [3.05, 3.63) is 34.6 Å². The molecule has 1 aromatic heterocycles. The fourth-order valence-electron chi connectivity index (χ4n) is 1.81. The summed E-state index contributed by atoms with van der Waals surface area (Å²) in [6.07, 6.45) is 0.905. The maximum Gasteiger partial charge on any atom is 0.230 e. The van der Waals surface area contributed by atoms with Crippen LogP contribution in [0.5, 0.6) is 5.75 Å². The van der Waals surface area contributed by atoms with E-state index in [4.69, 9.17) is 16.3 Å².